The Bertz CT molecular complexity index is 487. The summed E-state index contributed by atoms with van der Waals surface area (Å²) in [5, 5.41) is 12.5. The molecule has 0 aromatic heterocycles. The van der Waals surface area contributed by atoms with E-state index < -0.39 is 0 Å². The highest BCUT2D eigenvalue weighted by molar-refractivity contribution is 5.77. The number of ether oxygens (including phenoxy) is 1. The third-order valence-electron chi connectivity index (χ3n) is 4.30. The van der Waals surface area contributed by atoms with Gasteiger partial charge in [-0.3, -0.25) is 4.79 Å². The lowest BCUT2D eigenvalue weighted by Crippen LogP contribution is -2.42. The van der Waals surface area contributed by atoms with Gasteiger partial charge in [-0.05, 0) is 18.4 Å². The van der Waals surface area contributed by atoms with Gasteiger partial charge in [0.1, 0.15) is 6.61 Å². The third-order valence-corrected chi connectivity index (χ3v) is 4.30. The molecule has 1 fully saturated rings. The average molecular weight is 317 g/mol. The van der Waals surface area contributed by atoms with Gasteiger partial charge in [0.25, 0.3) is 0 Å². The first-order valence-electron chi connectivity index (χ1n) is 8.49. The molecule has 2 unspecified atom stereocenters. The second-order valence-electron chi connectivity index (χ2n) is 6.08. The van der Waals surface area contributed by atoms with Gasteiger partial charge in [0.2, 0.25) is 5.91 Å². The quantitative estimate of drug-likeness (QED) is 0.600. The lowest BCUT2D eigenvalue weighted by atomic mass is 9.95. The largest absolute Gasteiger partial charge is 0.396 e. The Hall–Kier alpha value is -1.65. The summed E-state index contributed by atoms with van der Waals surface area (Å²) in [6, 6.07) is 10.1. The first-order chi connectivity index (χ1) is 11.3. The predicted octanol–water partition coefficient (Wildman–Crippen LogP) is 2.77. The molecular formula is C19H27NO3. The predicted molar refractivity (Wildman–Crippen MR) is 91.9 cm³/mol. The van der Waals surface area contributed by atoms with E-state index in [4.69, 9.17) is 4.74 Å². The molecule has 23 heavy (non-hydrogen) atoms. The van der Waals surface area contributed by atoms with Crippen molar-refractivity contribution < 1.29 is 14.6 Å². The van der Waals surface area contributed by atoms with Crippen LogP contribution in [-0.4, -0.2) is 36.9 Å². The Morgan fingerprint density at radius 3 is 2.78 bits per heavy atom. The van der Waals surface area contributed by atoms with Crippen LogP contribution in [0.4, 0.5) is 0 Å². The van der Waals surface area contributed by atoms with E-state index in [0.717, 1.165) is 31.2 Å². The van der Waals surface area contributed by atoms with Crippen molar-refractivity contribution in [2.75, 3.05) is 19.8 Å². The van der Waals surface area contributed by atoms with Gasteiger partial charge >= 0.3 is 0 Å². The molecular weight excluding hydrogens is 290 g/mol. The molecule has 126 valence electrons. The van der Waals surface area contributed by atoms with Crippen LogP contribution in [0, 0.1) is 5.92 Å². The van der Waals surface area contributed by atoms with Gasteiger partial charge in [-0.1, -0.05) is 61.7 Å². The minimum absolute atomic E-state index is 0.0633. The normalized spacial score (nSPS) is 22.0. The lowest BCUT2D eigenvalue weighted by Gasteiger charge is -2.24. The molecule has 1 aliphatic carbocycles. The van der Waals surface area contributed by atoms with Crippen LogP contribution in [0.2, 0.25) is 0 Å². The van der Waals surface area contributed by atoms with E-state index in [1.165, 1.54) is 6.42 Å². The Labute approximate surface area is 138 Å². The molecule has 0 aliphatic heterocycles. The van der Waals surface area contributed by atoms with Gasteiger partial charge in [0.15, 0.2) is 0 Å². The molecule has 0 bridgehead atoms. The summed E-state index contributed by atoms with van der Waals surface area (Å²) in [6.07, 6.45) is 9.26. The summed E-state index contributed by atoms with van der Waals surface area (Å²) in [4.78, 5) is 12.0. The van der Waals surface area contributed by atoms with E-state index in [1.807, 2.05) is 42.5 Å². The maximum Gasteiger partial charge on any atom is 0.246 e. The van der Waals surface area contributed by atoms with Gasteiger partial charge < -0.3 is 15.2 Å². The second-order valence-corrected chi connectivity index (χ2v) is 6.08. The summed E-state index contributed by atoms with van der Waals surface area (Å²) >= 11 is 0. The van der Waals surface area contributed by atoms with Crippen molar-refractivity contribution in [1.29, 1.82) is 0 Å². The number of benzene rings is 1. The van der Waals surface area contributed by atoms with Crippen LogP contribution in [0.15, 0.2) is 36.4 Å². The Morgan fingerprint density at radius 1 is 1.22 bits per heavy atom. The summed E-state index contributed by atoms with van der Waals surface area (Å²) < 4.78 is 5.40. The smallest absolute Gasteiger partial charge is 0.246 e. The van der Waals surface area contributed by atoms with Gasteiger partial charge in [-0.25, -0.2) is 0 Å². The zero-order chi connectivity index (χ0) is 16.3. The molecule has 2 atom stereocenters. The molecule has 4 heteroatoms. The molecule has 0 radical (unpaired) electrons. The summed E-state index contributed by atoms with van der Waals surface area (Å²) in [5.74, 6) is 0.0860. The Morgan fingerprint density at radius 2 is 2.00 bits per heavy atom. The molecule has 1 aromatic rings. The number of aliphatic hydroxyl groups is 1. The maximum atomic E-state index is 12.0. The first kappa shape index (κ1) is 17.7. The molecule has 1 aromatic carbocycles. The molecule has 1 aliphatic rings. The molecule has 1 amide bonds. The highest BCUT2D eigenvalue weighted by Crippen LogP contribution is 2.23. The highest BCUT2D eigenvalue weighted by Gasteiger charge is 2.24. The van der Waals surface area contributed by atoms with E-state index in [0.29, 0.717) is 6.61 Å². The fraction of sp³-hybridized carbons (Fsp3) is 0.526. The third kappa shape index (κ3) is 6.55. The van der Waals surface area contributed by atoms with Crippen molar-refractivity contribution in [3.05, 3.63) is 42.0 Å². The van der Waals surface area contributed by atoms with E-state index >= 15 is 0 Å². The van der Waals surface area contributed by atoms with Crippen LogP contribution in [-0.2, 0) is 9.53 Å². The second kappa shape index (κ2) is 10.2. The molecule has 2 rings (SSSR count). The van der Waals surface area contributed by atoms with Gasteiger partial charge in [0, 0.05) is 18.6 Å². The average Bonchev–Trinajstić information content (AvgIpc) is 2.80. The van der Waals surface area contributed by atoms with Gasteiger partial charge in [0.05, 0.1) is 6.61 Å². The van der Waals surface area contributed by atoms with Gasteiger partial charge in [-0.2, -0.15) is 0 Å². The first-order valence-corrected chi connectivity index (χ1v) is 8.49. The summed E-state index contributed by atoms with van der Waals surface area (Å²) in [7, 11) is 0. The zero-order valence-electron chi connectivity index (χ0n) is 13.6. The van der Waals surface area contributed by atoms with Crippen LogP contribution < -0.4 is 5.32 Å². The van der Waals surface area contributed by atoms with Crippen molar-refractivity contribution in [2.45, 2.75) is 38.1 Å². The SMILES string of the molecule is O=C(COC/C=C/c1ccccc1)NC1CCCCCC1CO. The molecule has 0 saturated heterocycles. The van der Waals surface area contributed by atoms with Crippen LogP contribution in [0.25, 0.3) is 6.08 Å². The Kier molecular flexibility index (Phi) is 7.84. The molecule has 0 spiro atoms. The number of amides is 1. The topological polar surface area (TPSA) is 58.6 Å². The maximum absolute atomic E-state index is 12.0. The monoisotopic (exact) mass is 317 g/mol. The number of carbonyl (C=O) groups is 1. The Balaban J connectivity index is 1.67. The zero-order valence-corrected chi connectivity index (χ0v) is 13.6. The van der Waals surface area contributed by atoms with E-state index in [2.05, 4.69) is 5.32 Å². The van der Waals surface area contributed by atoms with Crippen molar-refractivity contribution in [3.8, 4) is 0 Å². The number of rotatable bonds is 7. The minimum atomic E-state index is -0.0940. The number of hydrogen-bond acceptors (Lipinski definition) is 3. The summed E-state index contributed by atoms with van der Waals surface area (Å²) in [6.45, 7) is 0.621. The molecule has 0 heterocycles. The summed E-state index contributed by atoms with van der Waals surface area (Å²) in [5.41, 5.74) is 1.12. The molecule has 4 nitrogen and oxygen atoms in total. The number of carbonyl (C=O) groups excluding carboxylic acids is 1. The fourth-order valence-electron chi connectivity index (χ4n) is 3.01. The van der Waals surface area contributed by atoms with Crippen molar-refractivity contribution >= 4 is 12.0 Å². The van der Waals surface area contributed by atoms with Crippen molar-refractivity contribution in [3.63, 3.8) is 0 Å². The molecule has 2 N–H and O–H groups in total. The highest BCUT2D eigenvalue weighted by atomic mass is 16.5. The number of nitrogens with one attached hydrogen (secondary N) is 1. The van der Waals surface area contributed by atoms with Crippen LogP contribution in [0.3, 0.4) is 0 Å². The van der Waals surface area contributed by atoms with E-state index in [9.17, 15) is 9.90 Å². The standard InChI is InChI=1S/C19H27NO3/c21-14-17-11-5-2-6-12-18(17)20-19(22)15-23-13-7-10-16-8-3-1-4-9-16/h1,3-4,7-10,17-18,21H,2,5-6,11-15H2,(H,20,22)/b10-7+. The number of aliphatic hydroxyl groups excluding tert-OH is 1. The van der Waals surface area contributed by atoms with Crippen molar-refractivity contribution in [1.82, 2.24) is 5.32 Å². The van der Waals surface area contributed by atoms with Crippen molar-refractivity contribution in [2.24, 2.45) is 5.92 Å². The van der Waals surface area contributed by atoms with E-state index in [1.54, 1.807) is 0 Å². The lowest BCUT2D eigenvalue weighted by molar-refractivity contribution is -0.126. The van der Waals surface area contributed by atoms with Crippen LogP contribution in [0.5, 0.6) is 0 Å². The van der Waals surface area contributed by atoms with E-state index in [-0.39, 0.29) is 31.1 Å². The minimum Gasteiger partial charge on any atom is -0.396 e. The van der Waals surface area contributed by atoms with Crippen LogP contribution >= 0.6 is 0 Å². The molecule has 1 saturated carbocycles. The van der Waals surface area contributed by atoms with Crippen LogP contribution in [0.1, 0.15) is 37.7 Å². The van der Waals surface area contributed by atoms with Gasteiger partial charge in [-0.15, -0.1) is 0 Å². The number of hydrogen-bond donors (Lipinski definition) is 2. The fourth-order valence-corrected chi connectivity index (χ4v) is 3.01.